The number of hydrogen-bond acceptors (Lipinski definition) is 1. The SMILES string of the molecule is CCCCCNC(=O)c1cc(Cl)c[nH]1. The van der Waals surface area contributed by atoms with Crippen molar-refractivity contribution in [2.45, 2.75) is 26.2 Å². The number of aromatic nitrogens is 1. The first-order valence-electron chi connectivity index (χ1n) is 4.86. The Labute approximate surface area is 88.8 Å². The maximum Gasteiger partial charge on any atom is 0.267 e. The molecule has 1 heterocycles. The van der Waals surface area contributed by atoms with Crippen LogP contribution < -0.4 is 5.32 Å². The molecule has 78 valence electrons. The average molecular weight is 215 g/mol. The molecule has 4 heteroatoms. The van der Waals surface area contributed by atoms with Crippen molar-refractivity contribution >= 4 is 17.5 Å². The van der Waals surface area contributed by atoms with Gasteiger partial charge in [0.1, 0.15) is 5.69 Å². The van der Waals surface area contributed by atoms with E-state index in [2.05, 4.69) is 17.2 Å². The summed E-state index contributed by atoms with van der Waals surface area (Å²) < 4.78 is 0. The van der Waals surface area contributed by atoms with Crippen LogP contribution in [0.5, 0.6) is 0 Å². The first kappa shape index (κ1) is 11.1. The molecule has 0 radical (unpaired) electrons. The Morgan fingerprint density at radius 1 is 1.57 bits per heavy atom. The van der Waals surface area contributed by atoms with Gasteiger partial charge in [0.15, 0.2) is 0 Å². The molecule has 0 saturated heterocycles. The summed E-state index contributed by atoms with van der Waals surface area (Å²) in [5.41, 5.74) is 0.520. The fourth-order valence-electron chi connectivity index (χ4n) is 1.17. The summed E-state index contributed by atoms with van der Waals surface area (Å²) in [6.45, 7) is 2.86. The molecule has 3 nitrogen and oxygen atoms in total. The predicted octanol–water partition coefficient (Wildman–Crippen LogP) is 2.59. The average Bonchev–Trinajstić information content (AvgIpc) is 2.59. The van der Waals surface area contributed by atoms with Crippen LogP contribution in [-0.4, -0.2) is 17.4 Å². The number of aromatic amines is 1. The molecular formula is C10H15ClN2O. The molecule has 0 atom stereocenters. The molecule has 0 saturated carbocycles. The topological polar surface area (TPSA) is 44.9 Å². The van der Waals surface area contributed by atoms with Crippen molar-refractivity contribution in [2.75, 3.05) is 6.54 Å². The summed E-state index contributed by atoms with van der Waals surface area (Å²) in [7, 11) is 0. The monoisotopic (exact) mass is 214 g/mol. The van der Waals surface area contributed by atoms with Crippen LogP contribution in [0.3, 0.4) is 0 Å². The van der Waals surface area contributed by atoms with E-state index in [9.17, 15) is 4.79 Å². The summed E-state index contributed by atoms with van der Waals surface area (Å²) in [5, 5.41) is 3.38. The highest BCUT2D eigenvalue weighted by atomic mass is 35.5. The van der Waals surface area contributed by atoms with E-state index in [1.54, 1.807) is 12.3 Å². The van der Waals surface area contributed by atoms with E-state index >= 15 is 0 Å². The van der Waals surface area contributed by atoms with Crippen LogP contribution in [0.25, 0.3) is 0 Å². The van der Waals surface area contributed by atoms with E-state index in [4.69, 9.17) is 11.6 Å². The normalized spacial score (nSPS) is 10.1. The van der Waals surface area contributed by atoms with Gasteiger partial charge in [-0.1, -0.05) is 31.4 Å². The van der Waals surface area contributed by atoms with E-state index in [1.165, 1.54) is 0 Å². The molecule has 0 aliphatic rings. The zero-order chi connectivity index (χ0) is 10.4. The van der Waals surface area contributed by atoms with Gasteiger partial charge in [-0.3, -0.25) is 4.79 Å². The number of halogens is 1. The molecule has 0 bridgehead atoms. The van der Waals surface area contributed by atoms with Crippen LogP contribution in [0.15, 0.2) is 12.3 Å². The molecule has 1 aromatic rings. The lowest BCUT2D eigenvalue weighted by Crippen LogP contribution is -2.24. The molecule has 14 heavy (non-hydrogen) atoms. The lowest BCUT2D eigenvalue weighted by molar-refractivity contribution is 0.0948. The van der Waals surface area contributed by atoms with Gasteiger partial charge < -0.3 is 10.3 Å². The Kier molecular flexibility index (Phi) is 4.53. The quantitative estimate of drug-likeness (QED) is 0.728. The van der Waals surface area contributed by atoms with E-state index in [1.807, 2.05) is 0 Å². The van der Waals surface area contributed by atoms with Gasteiger partial charge >= 0.3 is 0 Å². The number of carbonyl (C=O) groups is 1. The third-order valence-corrected chi connectivity index (χ3v) is 2.18. The smallest absolute Gasteiger partial charge is 0.267 e. The van der Waals surface area contributed by atoms with Gasteiger partial charge in [-0.05, 0) is 12.5 Å². The van der Waals surface area contributed by atoms with E-state index < -0.39 is 0 Å². The Hall–Kier alpha value is -0.960. The highest BCUT2D eigenvalue weighted by Gasteiger charge is 2.06. The molecule has 0 unspecified atom stereocenters. The van der Waals surface area contributed by atoms with Gasteiger partial charge in [0, 0.05) is 12.7 Å². The lowest BCUT2D eigenvalue weighted by atomic mass is 10.2. The zero-order valence-corrected chi connectivity index (χ0v) is 9.03. The van der Waals surface area contributed by atoms with Crippen LogP contribution in [0.4, 0.5) is 0 Å². The van der Waals surface area contributed by atoms with Gasteiger partial charge in [0.25, 0.3) is 5.91 Å². The lowest BCUT2D eigenvalue weighted by Gasteiger charge is -2.01. The fourth-order valence-corrected chi connectivity index (χ4v) is 1.33. The third-order valence-electron chi connectivity index (χ3n) is 1.96. The maximum absolute atomic E-state index is 11.4. The van der Waals surface area contributed by atoms with Crippen LogP contribution >= 0.6 is 11.6 Å². The molecule has 0 aliphatic carbocycles. The van der Waals surface area contributed by atoms with Gasteiger partial charge in [0.2, 0.25) is 0 Å². The van der Waals surface area contributed by atoms with Crippen molar-refractivity contribution in [3.05, 3.63) is 23.0 Å². The molecule has 1 rings (SSSR count). The Bertz CT molecular complexity index is 296. The van der Waals surface area contributed by atoms with E-state index in [0.717, 1.165) is 25.8 Å². The van der Waals surface area contributed by atoms with Crippen molar-refractivity contribution in [1.82, 2.24) is 10.3 Å². The first-order chi connectivity index (χ1) is 6.74. The second-order valence-corrected chi connectivity index (χ2v) is 3.63. The Balaban J connectivity index is 2.29. The summed E-state index contributed by atoms with van der Waals surface area (Å²) >= 11 is 5.68. The number of H-pyrrole nitrogens is 1. The first-order valence-corrected chi connectivity index (χ1v) is 5.24. The summed E-state index contributed by atoms with van der Waals surface area (Å²) in [5.74, 6) is -0.0898. The maximum atomic E-state index is 11.4. The molecule has 0 aromatic carbocycles. The van der Waals surface area contributed by atoms with Gasteiger partial charge in [-0.15, -0.1) is 0 Å². The van der Waals surface area contributed by atoms with Crippen LogP contribution in [0.1, 0.15) is 36.7 Å². The summed E-state index contributed by atoms with van der Waals surface area (Å²) in [4.78, 5) is 14.2. The van der Waals surface area contributed by atoms with Crippen LogP contribution in [0, 0.1) is 0 Å². The van der Waals surface area contributed by atoms with E-state index in [0.29, 0.717) is 10.7 Å². The largest absolute Gasteiger partial charge is 0.356 e. The van der Waals surface area contributed by atoms with Gasteiger partial charge in [-0.25, -0.2) is 0 Å². The number of hydrogen-bond donors (Lipinski definition) is 2. The molecule has 0 fully saturated rings. The highest BCUT2D eigenvalue weighted by Crippen LogP contribution is 2.08. The third kappa shape index (κ3) is 3.42. The molecule has 0 spiro atoms. The number of unbranched alkanes of at least 4 members (excludes halogenated alkanes) is 2. The predicted molar refractivity (Wildman–Crippen MR) is 57.7 cm³/mol. The van der Waals surface area contributed by atoms with Crippen LogP contribution in [0.2, 0.25) is 5.02 Å². The standard InChI is InChI=1S/C10H15ClN2O/c1-2-3-4-5-12-10(14)9-6-8(11)7-13-9/h6-7,13H,2-5H2,1H3,(H,12,14). The van der Waals surface area contributed by atoms with Crippen molar-refractivity contribution in [3.8, 4) is 0 Å². The van der Waals surface area contributed by atoms with Gasteiger partial charge in [-0.2, -0.15) is 0 Å². The van der Waals surface area contributed by atoms with Crippen LogP contribution in [-0.2, 0) is 0 Å². The van der Waals surface area contributed by atoms with Crippen molar-refractivity contribution < 1.29 is 4.79 Å². The second-order valence-electron chi connectivity index (χ2n) is 3.19. The molecular weight excluding hydrogens is 200 g/mol. The highest BCUT2D eigenvalue weighted by molar-refractivity contribution is 6.30. The minimum atomic E-state index is -0.0898. The minimum absolute atomic E-state index is 0.0898. The minimum Gasteiger partial charge on any atom is -0.356 e. The molecule has 2 N–H and O–H groups in total. The second kappa shape index (κ2) is 5.70. The number of carbonyl (C=O) groups excluding carboxylic acids is 1. The van der Waals surface area contributed by atoms with Crippen molar-refractivity contribution in [3.63, 3.8) is 0 Å². The Morgan fingerprint density at radius 3 is 2.93 bits per heavy atom. The number of rotatable bonds is 5. The molecule has 0 aliphatic heterocycles. The van der Waals surface area contributed by atoms with E-state index in [-0.39, 0.29) is 5.91 Å². The number of nitrogens with one attached hydrogen (secondary N) is 2. The summed E-state index contributed by atoms with van der Waals surface area (Å²) in [6, 6.07) is 1.62. The Morgan fingerprint density at radius 2 is 2.36 bits per heavy atom. The zero-order valence-electron chi connectivity index (χ0n) is 8.27. The molecule has 1 aromatic heterocycles. The summed E-state index contributed by atoms with van der Waals surface area (Å²) in [6.07, 6.45) is 4.93. The van der Waals surface area contributed by atoms with Crippen molar-refractivity contribution in [1.29, 1.82) is 0 Å². The van der Waals surface area contributed by atoms with Gasteiger partial charge in [0.05, 0.1) is 5.02 Å². The van der Waals surface area contributed by atoms with Crippen molar-refractivity contribution in [2.24, 2.45) is 0 Å². The number of amides is 1. The fraction of sp³-hybridized carbons (Fsp3) is 0.500. The molecule has 1 amide bonds.